The number of hydrogen-bond donors (Lipinski definition) is 1. The Morgan fingerprint density at radius 1 is 1.28 bits per heavy atom. The van der Waals surface area contributed by atoms with Crippen LogP contribution < -0.4 is 10.1 Å². The van der Waals surface area contributed by atoms with E-state index in [9.17, 15) is 18.0 Å². The monoisotopic (exact) mass is 482 g/mol. The molecule has 0 saturated heterocycles. The van der Waals surface area contributed by atoms with E-state index in [0.717, 1.165) is 23.9 Å². The van der Waals surface area contributed by atoms with Crippen molar-refractivity contribution in [2.75, 3.05) is 18.2 Å². The molecule has 2 aromatic carbocycles. The van der Waals surface area contributed by atoms with Gasteiger partial charge in [0.05, 0.1) is 29.7 Å². The summed E-state index contributed by atoms with van der Waals surface area (Å²) in [5, 5.41) is 10.9. The Bertz CT molecular complexity index is 1130. The Morgan fingerprint density at radius 2 is 2.03 bits per heavy atom. The van der Waals surface area contributed by atoms with E-state index in [1.165, 1.54) is 6.07 Å². The van der Waals surface area contributed by atoms with Crippen LogP contribution >= 0.6 is 23.4 Å². The number of amides is 1. The molecule has 1 N–H and O–H groups in total. The zero-order valence-electron chi connectivity index (χ0n) is 16.8. The molecule has 0 atom stereocenters. The van der Waals surface area contributed by atoms with Crippen molar-refractivity contribution in [3.63, 3.8) is 0 Å². The third kappa shape index (κ3) is 5.43. The third-order valence-corrected chi connectivity index (χ3v) is 5.47. The van der Waals surface area contributed by atoms with Gasteiger partial charge in [0, 0.05) is 11.6 Å². The summed E-state index contributed by atoms with van der Waals surface area (Å²) in [6.45, 7) is 4.09. The standard InChI is InChI=1S/C21H18ClF3N4O2S/c1-3-10-29-19(14-6-4-5-7-17(14)31-2)27-28-20(29)32-12-18(30)26-16-9-8-13(22)11-15(16)21(23,24)25/h3-9,11H,1,10,12H2,2H3,(H,26,30). The predicted octanol–water partition coefficient (Wildman–Crippen LogP) is 5.54. The number of allylic oxidation sites excluding steroid dienone is 1. The van der Waals surface area contributed by atoms with E-state index >= 15 is 0 Å². The van der Waals surface area contributed by atoms with Gasteiger partial charge >= 0.3 is 6.18 Å². The van der Waals surface area contributed by atoms with Crippen LogP contribution in [-0.4, -0.2) is 33.5 Å². The summed E-state index contributed by atoms with van der Waals surface area (Å²) in [5.74, 6) is 0.306. The maximum atomic E-state index is 13.2. The number of para-hydroxylation sites is 1. The second kappa shape index (κ2) is 10.1. The van der Waals surface area contributed by atoms with Crippen molar-refractivity contribution in [3.8, 4) is 17.1 Å². The maximum absolute atomic E-state index is 13.2. The largest absolute Gasteiger partial charge is 0.496 e. The van der Waals surface area contributed by atoms with Gasteiger partial charge in [0.15, 0.2) is 11.0 Å². The lowest BCUT2D eigenvalue weighted by atomic mass is 10.1. The van der Waals surface area contributed by atoms with Crippen LogP contribution in [0, 0.1) is 0 Å². The molecule has 6 nitrogen and oxygen atoms in total. The van der Waals surface area contributed by atoms with Crippen molar-refractivity contribution in [1.82, 2.24) is 14.8 Å². The highest BCUT2D eigenvalue weighted by Crippen LogP contribution is 2.37. The van der Waals surface area contributed by atoms with Crippen molar-refractivity contribution in [2.45, 2.75) is 17.9 Å². The summed E-state index contributed by atoms with van der Waals surface area (Å²) in [7, 11) is 1.54. The fraction of sp³-hybridized carbons (Fsp3) is 0.190. The fourth-order valence-corrected chi connectivity index (χ4v) is 3.81. The summed E-state index contributed by atoms with van der Waals surface area (Å²) >= 11 is 6.71. The Hall–Kier alpha value is -2.98. The number of halogens is 4. The van der Waals surface area contributed by atoms with Gasteiger partial charge in [-0.1, -0.05) is 41.6 Å². The molecule has 1 heterocycles. The maximum Gasteiger partial charge on any atom is 0.418 e. The van der Waals surface area contributed by atoms with Gasteiger partial charge in [0.25, 0.3) is 0 Å². The molecule has 0 aliphatic heterocycles. The van der Waals surface area contributed by atoms with E-state index in [2.05, 4.69) is 22.1 Å². The van der Waals surface area contributed by atoms with Crippen LogP contribution in [0.5, 0.6) is 5.75 Å². The molecule has 0 saturated carbocycles. The normalized spacial score (nSPS) is 11.3. The number of methoxy groups -OCH3 is 1. The number of nitrogens with one attached hydrogen (secondary N) is 1. The average Bonchev–Trinajstić information content (AvgIpc) is 3.15. The van der Waals surface area contributed by atoms with Crippen LogP contribution in [0.2, 0.25) is 5.02 Å². The van der Waals surface area contributed by atoms with E-state index in [4.69, 9.17) is 16.3 Å². The van der Waals surface area contributed by atoms with Gasteiger partial charge in [-0.05, 0) is 30.3 Å². The van der Waals surface area contributed by atoms with Crippen LogP contribution in [0.25, 0.3) is 11.4 Å². The smallest absolute Gasteiger partial charge is 0.418 e. The minimum Gasteiger partial charge on any atom is -0.496 e. The zero-order chi connectivity index (χ0) is 23.3. The van der Waals surface area contributed by atoms with Crippen LogP contribution in [0.3, 0.4) is 0 Å². The lowest BCUT2D eigenvalue weighted by molar-refractivity contribution is -0.137. The SMILES string of the molecule is C=CCn1c(SCC(=O)Nc2ccc(Cl)cc2C(F)(F)F)nnc1-c1ccccc1OC. The van der Waals surface area contributed by atoms with Gasteiger partial charge in [-0.15, -0.1) is 16.8 Å². The first kappa shape index (κ1) is 23.7. The molecular weight excluding hydrogens is 465 g/mol. The first-order valence-electron chi connectivity index (χ1n) is 9.21. The minimum atomic E-state index is -4.66. The molecule has 11 heteroatoms. The highest BCUT2D eigenvalue weighted by atomic mass is 35.5. The number of carbonyl (C=O) groups is 1. The van der Waals surface area contributed by atoms with Crippen molar-refractivity contribution in [3.05, 3.63) is 65.7 Å². The fourth-order valence-electron chi connectivity index (χ4n) is 2.89. The van der Waals surface area contributed by atoms with Crippen LogP contribution in [0.15, 0.2) is 60.3 Å². The highest BCUT2D eigenvalue weighted by molar-refractivity contribution is 7.99. The first-order chi connectivity index (χ1) is 15.2. The lowest BCUT2D eigenvalue weighted by Crippen LogP contribution is -2.18. The summed E-state index contributed by atoms with van der Waals surface area (Å²) in [6.07, 6.45) is -3.01. The molecule has 0 fully saturated rings. The summed E-state index contributed by atoms with van der Waals surface area (Å²) in [4.78, 5) is 12.4. The minimum absolute atomic E-state index is 0.0777. The van der Waals surface area contributed by atoms with Gasteiger partial charge in [0.1, 0.15) is 5.75 Å². The Kier molecular flexibility index (Phi) is 7.47. The first-order valence-corrected chi connectivity index (χ1v) is 10.6. The molecule has 168 valence electrons. The van der Waals surface area contributed by atoms with Crippen molar-refractivity contribution in [2.24, 2.45) is 0 Å². The molecule has 0 radical (unpaired) electrons. The van der Waals surface area contributed by atoms with E-state index in [1.54, 1.807) is 23.8 Å². The Balaban J connectivity index is 1.79. The van der Waals surface area contributed by atoms with Gasteiger partial charge in [0.2, 0.25) is 5.91 Å². The van der Waals surface area contributed by atoms with Gasteiger partial charge in [-0.25, -0.2) is 0 Å². The van der Waals surface area contributed by atoms with E-state index in [-0.39, 0.29) is 16.5 Å². The number of rotatable bonds is 8. The Labute approximate surface area is 191 Å². The quantitative estimate of drug-likeness (QED) is 0.337. The third-order valence-electron chi connectivity index (χ3n) is 4.27. The van der Waals surface area contributed by atoms with Crippen LogP contribution in [0.1, 0.15) is 5.56 Å². The molecule has 0 unspecified atom stereocenters. The van der Waals surface area contributed by atoms with Crippen molar-refractivity contribution < 1.29 is 22.7 Å². The van der Waals surface area contributed by atoms with E-state index < -0.39 is 17.6 Å². The van der Waals surface area contributed by atoms with Gasteiger partial charge in [-0.3, -0.25) is 9.36 Å². The number of hydrogen-bond acceptors (Lipinski definition) is 5. The number of ether oxygens (including phenoxy) is 1. The van der Waals surface area contributed by atoms with Crippen molar-refractivity contribution >= 4 is 35.0 Å². The molecule has 0 spiro atoms. The number of anilines is 1. The lowest BCUT2D eigenvalue weighted by Gasteiger charge is -2.14. The average molecular weight is 483 g/mol. The number of carbonyl (C=O) groups excluding carboxylic acids is 1. The summed E-state index contributed by atoms with van der Waals surface area (Å²) < 4.78 is 46.8. The molecule has 32 heavy (non-hydrogen) atoms. The second-order valence-electron chi connectivity index (χ2n) is 6.43. The molecule has 0 bridgehead atoms. The van der Waals surface area contributed by atoms with E-state index in [0.29, 0.717) is 28.8 Å². The molecule has 0 aliphatic carbocycles. The molecule has 3 rings (SSSR count). The van der Waals surface area contributed by atoms with E-state index in [1.807, 2.05) is 18.2 Å². The van der Waals surface area contributed by atoms with Crippen LogP contribution in [-0.2, 0) is 17.5 Å². The predicted molar refractivity (Wildman–Crippen MR) is 118 cm³/mol. The number of thioether (sulfide) groups is 1. The Morgan fingerprint density at radius 3 is 2.72 bits per heavy atom. The van der Waals surface area contributed by atoms with Crippen LogP contribution in [0.4, 0.5) is 18.9 Å². The number of alkyl halides is 3. The zero-order valence-corrected chi connectivity index (χ0v) is 18.4. The second-order valence-corrected chi connectivity index (χ2v) is 7.81. The number of aromatic nitrogens is 3. The molecular formula is C21H18ClF3N4O2S. The van der Waals surface area contributed by atoms with Gasteiger partial charge in [-0.2, -0.15) is 13.2 Å². The van der Waals surface area contributed by atoms with Crippen molar-refractivity contribution in [1.29, 1.82) is 0 Å². The number of benzene rings is 2. The molecule has 0 aliphatic rings. The molecule has 3 aromatic rings. The van der Waals surface area contributed by atoms with Gasteiger partial charge < -0.3 is 10.1 Å². The topological polar surface area (TPSA) is 69.0 Å². The highest BCUT2D eigenvalue weighted by Gasteiger charge is 2.34. The summed E-state index contributed by atoms with van der Waals surface area (Å²) in [6, 6.07) is 10.4. The summed E-state index contributed by atoms with van der Waals surface area (Å²) in [5.41, 5.74) is -0.678. The molecule has 1 amide bonds. The number of nitrogens with zero attached hydrogens (tertiary/aromatic N) is 3. The molecule has 1 aromatic heterocycles.